The minimum atomic E-state index is -1.03. The first-order valence-corrected chi connectivity index (χ1v) is 5.58. The quantitative estimate of drug-likeness (QED) is 0.909. The fourth-order valence-electron chi connectivity index (χ4n) is 1.26. The number of nitrogens with zero attached hydrogens (tertiary/aromatic N) is 1. The van der Waals surface area contributed by atoms with E-state index in [4.69, 9.17) is 9.84 Å². The van der Waals surface area contributed by atoms with Gasteiger partial charge in [-0.25, -0.2) is 9.18 Å². The normalized spacial score (nSPS) is 10.2. The molecule has 0 radical (unpaired) electrons. The Kier molecular flexibility index (Phi) is 3.34. The van der Waals surface area contributed by atoms with Gasteiger partial charge in [-0.1, -0.05) is 0 Å². The Morgan fingerprint density at radius 3 is 3.06 bits per heavy atom. The minimum Gasteiger partial charge on any atom is -0.487 e. The summed E-state index contributed by atoms with van der Waals surface area (Å²) in [6, 6.07) is 2.86. The molecule has 2 rings (SSSR count). The van der Waals surface area contributed by atoms with Gasteiger partial charge in [0.05, 0.1) is 6.20 Å². The maximum absolute atomic E-state index is 12.8. The van der Waals surface area contributed by atoms with Gasteiger partial charge >= 0.3 is 5.97 Å². The highest BCUT2D eigenvalue weighted by Crippen LogP contribution is 2.25. The molecule has 0 fully saturated rings. The van der Waals surface area contributed by atoms with Gasteiger partial charge in [0, 0.05) is 11.8 Å². The maximum Gasteiger partial charge on any atom is 0.349 e. The third-order valence-electron chi connectivity index (χ3n) is 1.98. The van der Waals surface area contributed by atoms with Gasteiger partial charge in [-0.15, -0.1) is 11.3 Å². The Bertz CT molecular complexity index is 541. The topological polar surface area (TPSA) is 59.4 Å². The van der Waals surface area contributed by atoms with Gasteiger partial charge < -0.3 is 9.84 Å². The van der Waals surface area contributed by atoms with Crippen molar-refractivity contribution in [2.24, 2.45) is 0 Å². The van der Waals surface area contributed by atoms with Crippen molar-refractivity contribution in [3.8, 4) is 5.75 Å². The molecule has 0 aliphatic carbocycles. The summed E-state index contributed by atoms with van der Waals surface area (Å²) in [4.78, 5) is 14.6. The largest absolute Gasteiger partial charge is 0.487 e. The van der Waals surface area contributed by atoms with Crippen molar-refractivity contribution in [2.75, 3.05) is 0 Å². The molecule has 0 atom stereocenters. The zero-order valence-electron chi connectivity index (χ0n) is 8.59. The van der Waals surface area contributed by atoms with Gasteiger partial charge in [-0.2, -0.15) is 0 Å². The lowest BCUT2D eigenvalue weighted by Crippen LogP contribution is -2.00. The van der Waals surface area contributed by atoms with E-state index in [1.807, 2.05) is 0 Å². The molecule has 0 spiro atoms. The zero-order valence-corrected chi connectivity index (χ0v) is 9.41. The minimum absolute atomic E-state index is 0.0851. The van der Waals surface area contributed by atoms with Crippen LogP contribution in [-0.4, -0.2) is 16.1 Å². The first-order valence-electron chi connectivity index (χ1n) is 4.70. The summed E-state index contributed by atoms with van der Waals surface area (Å²) in [6.45, 7) is 0.0851. The molecule has 2 heterocycles. The van der Waals surface area contributed by atoms with Crippen LogP contribution in [0.5, 0.6) is 5.75 Å². The van der Waals surface area contributed by atoms with Gasteiger partial charge in [0.1, 0.15) is 18.2 Å². The van der Waals surface area contributed by atoms with Crippen LogP contribution in [0.3, 0.4) is 0 Å². The van der Waals surface area contributed by atoms with Crippen molar-refractivity contribution < 1.29 is 19.0 Å². The lowest BCUT2D eigenvalue weighted by atomic mass is 10.3. The molecule has 0 saturated carbocycles. The van der Waals surface area contributed by atoms with Crippen LogP contribution in [0, 0.1) is 5.82 Å². The van der Waals surface area contributed by atoms with Crippen molar-refractivity contribution in [3.63, 3.8) is 0 Å². The molecule has 2 aromatic rings. The predicted molar refractivity (Wildman–Crippen MR) is 59.8 cm³/mol. The van der Waals surface area contributed by atoms with Crippen molar-refractivity contribution in [1.82, 2.24) is 4.98 Å². The molecular weight excluding hydrogens is 245 g/mol. The third-order valence-corrected chi connectivity index (χ3v) is 2.86. The van der Waals surface area contributed by atoms with Crippen LogP contribution in [-0.2, 0) is 6.61 Å². The second kappa shape index (κ2) is 4.92. The van der Waals surface area contributed by atoms with Crippen LogP contribution in [0.1, 0.15) is 15.2 Å². The molecule has 4 nitrogen and oxygen atoms in total. The summed E-state index contributed by atoms with van der Waals surface area (Å²) in [5.74, 6) is -1.20. The van der Waals surface area contributed by atoms with Crippen LogP contribution < -0.4 is 4.74 Å². The number of ether oxygens (including phenoxy) is 1. The number of carboxylic acid groups (broad SMARTS) is 1. The van der Waals surface area contributed by atoms with Gasteiger partial charge in [-0.3, -0.25) is 4.98 Å². The second-order valence-corrected chi connectivity index (χ2v) is 4.14. The van der Waals surface area contributed by atoms with Crippen LogP contribution >= 0.6 is 11.3 Å². The van der Waals surface area contributed by atoms with Gasteiger partial charge in [-0.05, 0) is 17.5 Å². The fourth-order valence-corrected chi connectivity index (χ4v) is 1.93. The first-order chi connectivity index (χ1) is 8.16. The molecular formula is C11H8FNO3S. The van der Waals surface area contributed by atoms with E-state index in [-0.39, 0.29) is 17.2 Å². The monoisotopic (exact) mass is 253 g/mol. The highest BCUT2D eigenvalue weighted by atomic mass is 32.1. The number of carbonyl (C=O) groups is 1. The average molecular weight is 253 g/mol. The number of carboxylic acids is 1. The van der Waals surface area contributed by atoms with E-state index in [2.05, 4.69) is 4.98 Å². The molecule has 0 amide bonds. The molecule has 0 aliphatic heterocycles. The van der Waals surface area contributed by atoms with E-state index in [0.717, 1.165) is 17.5 Å². The number of aromatic carboxylic acids is 1. The van der Waals surface area contributed by atoms with E-state index >= 15 is 0 Å². The van der Waals surface area contributed by atoms with E-state index < -0.39 is 11.8 Å². The zero-order chi connectivity index (χ0) is 12.3. The van der Waals surface area contributed by atoms with Crippen molar-refractivity contribution >= 4 is 17.3 Å². The Hall–Kier alpha value is -1.95. The number of aromatic nitrogens is 1. The number of thiophene rings is 1. The average Bonchev–Trinajstić information content (AvgIpc) is 2.74. The second-order valence-electron chi connectivity index (χ2n) is 3.22. The lowest BCUT2D eigenvalue weighted by molar-refractivity contribution is 0.0697. The number of hydrogen-bond acceptors (Lipinski definition) is 4. The summed E-state index contributed by atoms with van der Waals surface area (Å²) < 4.78 is 18.1. The van der Waals surface area contributed by atoms with Crippen molar-refractivity contribution in [1.29, 1.82) is 0 Å². The molecule has 0 bridgehead atoms. The predicted octanol–water partition coefficient (Wildman–Crippen LogP) is 2.56. The smallest absolute Gasteiger partial charge is 0.349 e. The molecule has 0 aromatic carbocycles. The van der Waals surface area contributed by atoms with Crippen molar-refractivity contribution in [2.45, 2.75) is 6.61 Å². The molecule has 1 N–H and O–H groups in total. The van der Waals surface area contributed by atoms with E-state index in [0.29, 0.717) is 5.56 Å². The summed E-state index contributed by atoms with van der Waals surface area (Å²) >= 11 is 1.08. The summed E-state index contributed by atoms with van der Waals surface area (Å²) in [5.41, 5.74) is 0.549. The Labute approximate surface area is 100 Å². The standard InChI is InChI=1S/C11H8FNO3S/c12-8-3-7(4-13-5-8)6-16-9-1-2-17-10(9)11(14)15/h1-5H,6H2,(H,14,15). The highest BCUT2D eigenvalue weighted by molar-refractivity contribution is 7.12. The maximum atomic E-state index is 12.8. The van der Waals surface area contributed by atoms with E-state index in [9.17, 15) is 9.18 Å². The molecule has 0 aliphatic rings. The Balaban J connectivity index is 2.07. The van der Waals surface area contributed by atoms with Gasteiger partial charge in [0.2, 0.25) is 0 Å². The van der Waals surface area contributed by atoms with Gasteiger partial charge in [0.15, 0.2) is 4.88 Å². The third kappa shape index (κ3) is 2.79. The molecule has 6 heteroatoms. The Morgan fingerprint density at radius 1 is 1.53 bits per heavy atom. The number of pyridine rings is 1. The number of rotatable bonds is 4. The molecule has 0 unspecified atom stereocenters. The van der Waals surface area contributed by atoms with E-state index in [1.165, 1.54) is 12.3 Å². The van der Waals surface area contributed by atoms with Crippen LogP contribution in [0.15, 0.2) is 29.9 Å². The van der Waals surface area contributed by atoms with Gasteiger partial charge in [0.25, 0.3) is 0 Å². The molecule has 88 valence electrons. The first kappa shape index (κ1) is 11.5. The van der Waals surface area contributed by atoms with Crippen molar-refractivity contribution in [3.05, 3.63) is 46.2 Å². The fraction of sp³-hybridized carbons (Fsp3) is 0.0909. The van der Waals surface area contributed by atoms with Crippen LogP contribution in [0.2, 0.25) is 0 Å². The Morgan fingerprint density at radius 2 is 2.35 bits per heavy atom. The van der Waals surface area contributed by atoms with Crippen LogP contribution in [0.25, 0.3) is 0 Å². The molecule has 0 saturated heterocycles. The molecule has 2 aromatic heterocycles. The van der Waals surface area contributed by atoms with Crippen LogP contribution in [0.4, 0.5) is 4.39 Å². The lowest BCUT2D eigenvalue weighted by Gasteiger charge is -2.04. The highest BCUT2D eigenvalue weighted by Gasteiger charge is 2.12. The summed E-state index contributed by atoms with van der Waals surface area (Å²) in [6.07, 6.45) is 2.56. The van der Waals surface area contributed by atoms with E-state index in [1.54, 1.807) is 11.4 Å². The summed E-state index contributed by atoms with van der Waals surface area (Å²) in [5, 5.41) is 10.5. The number of hydrogen-bond donors (Lipinski definition) is 1. The number of halogens is 1. The summed E-state index contributed by atoms with van der Waals surface area (Å²) in [7, 11) is 0. The SMILES string of the molecule is O=C(O)c1sccc1OCc1cncc(F)c1. The molecule has 17 heavy (non-hydrogen) atoms.